The molecule has 140 valence electrons. The number of carbonyl (C=O) groups is 1. The molecule has 1 saturated heterocycles. The highest BCUT2D eigenvalue weighted by Gasteiger charge is 2.60. The molecule has 0 amide bonds. The van der Waals surface area contributed by atoms with Gasteiger partial charge in [-0.25, -0.2) is 0 Å². The SMILES string of the molecule is CC(C)(C)[Si](C)(C)OC1C2CCC3=COC(=O)CCC31CC1OC1C2. The van der Waals surface area contributed by atoms with Gasteiger partial charge in [-0.05, 0) is 61.7 Å². The van der Waals surface area contributed by atoms with Gasteiger partial charge < -0.3 is 13.9 Å². The smallest absolute Gasteiger partial charge is 0.310 e. The second kappa shape index (κ2) is 5.67. The molecule has 5 heteroatoms. The highest BCUT2D eigenvalue weighted by Crippen LogP contribution is 2.60. The van der Waals surface area contributed by atoms with Crippen LogP contribution < -0.4 is 0 Å². The standard InChI is InChI=1S/C20H32O4Si/c1-19(2,3)25(4,5)24-18-13-6-7-14-12-22-17(21)8-9-20(14,18)11-16-15(10-13)23-16/h12-13,15-16,18H,6-11H2,1-5H3. The molecule has 0 aromatic rings. The van der Waals surface area contributed by atoms with Crippen molar-refractivity contribution in [3.63, 3.8) is 0 Å². The third-order valence-electron chi connectivity index (χ3n) is 7.52. The molecule has 5 atom stereocenters. The third-order valence-corrected chi connectivity index (χ3v) is 12.0. The Kier molecular flexibility index (Phi) is 4.02. The number of cyclic esters (lactones) is 1. The molecule has 1 spiro atoms. The molecule has 2 bridgehead atoms. The summed E-state index contributed by atoms with van der Waals surface area (Å²) in [5.41, 5.74) is 1.23. The summed E-state index contributed by atoms with van der Waals surface area (Å²) >= 11 is 0. The van der Waals surface area contributed by atoms with Crippen molar-refractivity contribution in [3.8, 4) is 0 Å². The fraction of sp³-hybridized carbons (Fsp3) is 0.850. The zero-order chi connectivity index (χ0) is 18.0. The van der Waals surface area contributed by atoms with Crippen LogP contribution in [-0.4, -0.2) is 32.6 Å². The topological polar surface area (TPSA) is 48.1 Å². The maximum Gasteiger partial charge on any atom is 0.310 e. The van der Waals surface area contributed by atoms with Crippen molar-refractivity contribution in [2.45, 2.75) is 95.7 Å². The fourth-order valence-electron chi connectivity index (χ4n) is 4.89. The number of carbonyl (C=O) groups excluding carboxylic acids is 1. The first kappa shape index (κ1) is 17.7. The van der Waals surface area contributed by atoms with Crippen LogP contribution in [0.1, 0.15) is 59.3 Å². The largest absolute Gasteiger partial charge is 0.435 e. The summed E-state index contributed by atoms with van der Waals surface area (Å²) < 4.78 is 18.4. The van der Waals surface area contributed by atoms with Crippen LogP contribution in [0.4, 0.5) is 0 Å². The van der Waals surface area contributed by atoms with Crippen molar-refractivity contribution < 1.29 is 18.7 Å². The van der Waals surface area contributed by atoms with Crippen LogP contribution in [0.5, 0.6) is 0 Å². The predicted molar refractivity (Wildman–Crippen MR) is 98.5 cm³/mol. The first-order valence-electron chi connectivity index (χ1n) is 9.85. The predicted octanol–water partition coefficient (Wildman–Crippen LogP) is 4.56. The lowest BCUT2D eigenvalue weighted by atomic mass is 9.61. The van der Waals surface area contributed by atoms with Gasteiger partial charge in [-0.1, -0.05) is 20.8 Å². The summed E-state index contributed by atoms with van der Waals surface area (Å²) in [5, 5.41) is 0.185. The monoisotopic (exact) mass is 364 g/mol. The molecule has 5 unspecified atom stereocenters. The number of hydrogen-bond donors (Lipinski definition) is 0. The molecular weight excluding hydrogens is 332 g/mol. The number of esters is 1. The summed E-state index contributed by atoms with van der Waals surface area (Å²) in [6, 6.07) is 0. The third kappa shape index (κ3) is 2.92. The maximum absolute atomic E-state index is 12.0. The van der Waals surface area contributed by atoms with Crippen LogP contribution in [0.25, 0.3) is 0 Å². The lowest BCUT2D eigenvalue weighted by molar-refractivity contribution is -0.138. The Morgan fingerprint density at radius 1 is 1.24 bits per heavy atom. The Bertz CT molecular complexity index is 605. The minimum atomic E-state index is -1.90. The van der Waals surface area contributed by atoms with Crippen LogP contribution >= 0.6 is 0 Å². The second-order valence-electron chi connectivity index (χ2n) is 10.0. The van der Waals surface area contributed by atoms with E-state index in [0.717, 1.165) is 32.1 Å². The van der Waals surface area contributed by atoms with E-state index in [0.29, 0.717) is 24.5 Å². The van der Waals surface area contributed by atoms with Crippen LogP contribution in [0.3, 0.4) is 0 Å². The molecule has 4 rings (SSSR count). The lowest BCUT2D eigenvalue weighted by Gasteiger charge is -2.52. The molecule has 2 heterocycles. The number of fused-ring (bicyclic) bond motifs is 2. The van der Waals surface area contributed by atoms with Crippen LogP contribution in [0.2, 0.25) is 18.1 Å². The Morgan fingerprint density at radius 3 is 2.72 bits per heavy atom. The molecular formula is C20H32O4Si. The van der Waals surface area contributed by atoms with Gasteiger partial charge in [0.15, 0.2) is 8.32 Å². The van der Waals surface area contributed by atoms with E-state index < -0.39 is 8.32 Å². The van der Waals surface area contributed by atoms with Gasteiger partial charge in [0, 0.05) is 11.8 Å². The van der Waals surface area contributed by atoms with Gasteiger partial charge in [-0.2, -0.15) is 0 Å². The molecule has 2 aliphatic carbocycles. The second-order valence-corrected chi connectivity index (χ2v) is 14.8. The van der Waals surface area contributed by atoms with Gasteiger partial charge in [-0.15, -0.1) is 0 Å². The average Bonchev–Trinajstić information content (AvgIpc) is 3.26. The summed E-state index contributed by atoms with van der Waals surface area (Å²) in [4.78, 5) is 12.0. The Morgan fingerprint density at radius 2 is 2.00 bits per heavy atom. The summed E-state index contributed by atoms with van der Waals surface area (Å²) in [6.07, 6.45) is 8.35. The van der Waals surface area contributed by atoms with E-state index in [4.69, 9.17) is 13.9 Å². The van der Waals surface area contributed by atoms with E-state index in [1.807, 2.05) is 0 Å². The van der Waals surface area contributed by atoms with E-state index in [9.17, 15) is 4.79 Å². The molecule has 2 aliphatic heterocycles. The van der Waals surface area contributed by atoms with Crippen LogP contribution in [0.15, 0.2) is 11.8 Å². The molecule has 0 radical (unpaired) electrons. The molecule has 4 aliphatic rings. The van der Waals surface area contributed by atoms with Gasteiger partial charge in [-0.3, -0.25) is 4.79 Å². The maximum atomic E-state index is 12.0. The number of epoxide rings is 1. The lowest BCUT2D eigenvalue weighted by Crippen LogP contribution is -2.54. The summed E-state index contributed by atoms with van der Waals surface area (Å²) in [7, 11) is -1.90. The van der Waals surface area contributed by atoms with Crippen molar-refractivity contribution in [3.05, 3.63) is 11.8 Å². The van der Waals surface area contributed by atoms with Gasteiger partial charge >= 0.3 is 5.97 Å². The number of rotatable bonds is 2. The zero-order valence-corrected chi connectivity index (χ0v) is 17.3. The van der Waals surface area contributed by atoms with Crippen molar-refractivity contribution in [2.75, 3.05) is 0 Å². The van der Waals surface area contributed by atoms with Crippen molar-refractivity contribution in [1.29, 1.82) is 0 Å². The minimum absolute atomic E-state index is 0.0689. The Balaban J connectivity index is 1.74. The summed E-state index contributed by atoms with van der Waals surface area (Å²) in [5.74, 6) is 0.438. The molecule has 3 fully saturated rings. The van der Waals surface area contributed by atoms with E-state index in [2.05, 4.69) is 33.9 Å². The zero-order valence-electron chi connectivity index (χ0n) is 16.3. The molecule has 0 aromatic carbocycles. The quantitative estimate of drug-likeness (QED) is 0.409. The van der Waals surface area contributed by atoms with Crippen molar-refractivity contribution >= 4 is 14.3 Å². The fourth-order valence-corrected chi connectivity index (χ4v) is 6.30. The van der Waals surface area contributed by atoms with E-state index in [1.165, 1.54) is 5.57 Å². The number of ether oxygens (including phenoxy) is 2. The van der Waals surface area contributed by atoms with Crippen LogP contribution in [-0.2, 0) is 18.7 Å². The molecule has 25 heavy (non-hydrogen) atoms. The van der Waals surface area contributed by atoms with E-state index >= 15 is 0 Å². The Hall–Kier alpha value is -0.653. The minimum Gasteiger partial charge on any atom is -0.435 e. The van der Waals surface area contributed by atoms with Crippen molar-refractivity contribution in [1.82, 2.24) is 0 Å². The van der Waals surface area contributed by atoms with E-state index in [-0.39, 0.29) is 22.5 Å². The highest BCUT2D eigenvalue weighted by atomic mass is 28.4. The van der Waals surface area contributed by atoms with E-state index in [1.54, 1.807) is 6.26 Å². The van der Waals surface area contributed by atoms with Gasteiger partial charge in [0.2, 0.25) is 0 Å². The molecule has 2 saturated carbocycles. The Labute approximate surface area is 152 Å². The highest BCUT2D eigenvalue weighted by molar-refractivity contribution is 6.74. The van der Waals surface area contributed by atoms with Gasteiger partial charge in [0.05, 0.1) is 24.6 Å². The average molecular weight is 365 g/mol. The van der Waals surface area contributed by atoms with Gasteiger partial charge in [0.1, 0.15) is 0 Å². The van der Waals surface area contributed by atoms with Crippen LogP contribution in [0, 0.1) is 11.3 Å². The van der Waals surface area contributed by atoms with Gasteiger partial charge in [0.25, 0.3) is 0 Å². The van der Waals surface area contributed by atoms with Crippen molar-refractivity contribution in [2.24, 2.45) is 11.3 Å². The summed E-state index contributed by atoms with van der Waals surface area (Å²) in [6.45, 7) is 11.6. The first-order valence-corrected chi connectivity index (χ1v) is 12.8. The first-order chi connectivity index (χ1) is 11.6. The molecule has 0 aromatic heterocycles. The molecule has 4 nitrogen and oxygen atoms in total. The normalized spacial score (nSPS) is 40.8. The molecule has 0 N–H and O–H groups in total. The number of hydrogen-bond acceptors (Lipinski definition) is 4.